The van der Waals surface area contributed by atoms with Gasteiger partial charge in [0.1, 0.15) is 0 Å². The molecule has 2 rings (SSSR count). The molecule has 110 valence electrons. The summed E-state index contributed by atoms with van der Waals surface area (Å²) in [5.41, 5.74) is 2.75. The summed E-state index contributed by atoms with van der Waals surface area (Å²) in [4.78, 5) is 12.2. The fraction of sp³-hybridized carbons (Fsp3) is 0.588. The molecule has 1 aromatic rings. The third kappa shape index (κ3) is 4.24. The van der Waals surface area contributed by atoms with Gasteiger partial charge in [-0.05, 0) is 49.1 Å². The quantitative estimate of drug-likeness (QED) is 0.630. The van der Waals surface area contributed by atoms with Crippen LogP contribution in [0.4, 0.5) is 0 Å². The first-order chi connectivity index (χ1) is 9.70. The second kappa shape index (κ2) is 7.68. The predicted molar refractivity (Wildman–Crippen MR) is 84.1 cm³/mol. The van der Waals surface area contributed by atoms with Gasteiger partial charge >= 0.3 is 0 Å². The van der Waals surface area contributed by atoms with Crippen molar-refractivity contribution in [2.45, 2.75) is 39.0 Å². The topological polar surface area (TPSA) is 29.1 Å². The first-order valence-corrected chi connectivity index (χ1v) is 8.14. The Hall–Kier alpha value is -1.02. The smallest absolute Gasteiger partial charge is 0.223 e. The minimum atomic E-state index is 0.148. The molecule has 0 radical (unpaired) electrons. The highest BCUT2D eigenvalue weighted by Gasteiger charge is 2.23. The molecule has 2 atom stereocenters. The molecule has 0 saturated heterocycles. The molecule has 1 amide bonds. The number of nitrogens with one attached hydrogen (secondary N) is 1. The Labute approximate surface area is 126 Å². The van der Waals surface area contributed by atoms with Crippen LogP contribution in [-0.2, 0) is 17.6 Å². The van der Waals surface area contributed by atoms with Crippen molar-refractivity contribution in [2.75, 3.05) is 12.4 Å². The van der Waals surface area contributed by atoms with Gasteiger partial charge in [-0.1, -0.05) is 31.2 Å². The van der Waals surface area contributed by atoms with Crippen LogP contribution in [0.3, 0.4) is 0 Å². The molecule has 1 aliphatic rings. The van der Waals surface area contributed by atoms with Crippen LogP contribution in [0, 0.1) is 11.8 Å². The predicted octanol–water partition coefficient (Wildman–Crippen LogP) is 3.56. The maximum absolute atomic E-state index is 12.2. The van der Waals surface area contributed by atoms with Crippen molar-refractivity contribution < 1.29 is 4.79 Å². The first-order valence-electron chi connectivity index (χ1n) is 7.61. The van der Waals surface area contributed by atoms with E-state index in [0.29, 0.717) is 11.8 Å². The van der Waals surface area contributed by atoms with Gasteiger partial charge in [0.05, 0.1) is 0 Å². The molecule has 2 unspecified atom stereocenters. The molecule has 0 fully saturated rings. The summed E-state index contributed by atoms with van der Waals surface area (Å²) in [7, 11) is 0. The van der Waals surface area contributed by atoms with E-state index in [1.807, 2.05) is 0 Å². The van der Waals surface area contributed by atoms with E-state index >= 15 is 0 Å². The van der Waals surface area contributed by atoms with E-state index < -0.39 is 0 Å². The van der Waals surface area contributed by atoms with Crippen LogP contribution in [0.2, 0.25) is 0 Å². The average molecular weight is 294 g/mol. The lowest BCUT2D eigenvalue weighted by Crippen LogP contribution is -2.34. The summed E-state index contributed by atoms with van der Waals surface area (Å²) in [5.74, 6) is 1.61. The van der Waals surface area contributed by atoms with Crippen LogP contribution in [0.25, 0.3) is 0 Å². The number of benzene rings is 1. The largest absolute Gasteiger partial charge is 0.356 e. The Morgan fingerprint density at radius 3 is 2.90 bits per heavy atom. The molecule has 0 bridgehead atoms. The summed E-state index contributed by atoms with van der Waals surface area (Å²) in [6.07, 6.45) is 4.98. The number of hydrogen-bond donors (Lipinski definition) is 1. The van der Waals surface area contributed by atoms with Gasteiger partial charge in [-0.3, -0.25) is 4.79 Å². The Morgan fingerprint density at radius 1 is 1.40 bits per heavy atom. The monoisotopic (exact) mass is 293 g/mol. The maximum atomic E-state index is 12.2. The highest BCUT2D eigenvalue weighted by Crippen LogP contribution is 2.25. The summed E-state index contributed by atoms with van der Waals surface area (Å²) in [6.45, 7) is 2.92. The van der Waals surface area contributed by atoms with E-state index in [1.165, 1.54) is 11.1 Å². The average Bonchev–Trinajstić information content (AvgIpc) is 2.50. The Balaban J connectivity index is 1.74. The number of carbonyl (C=O) groups excluding carboxylic acids is 1. The van der Waals surface area contributed by atoms with Crippen LogP contribution >= 0.6 is 11.6 Å². The van der Waals surface area contributed by atoms with Crippen LogP contribution in [0.5, 0.6) is 0 Å². The number of amides is 1. The van der Waals surface area contributed by atoms with Crippen molar-refractivity contribution in [1.29, 1.82) is 0 Å². The van der Waals surface area contributed by atoms with Gasteiger partial charge in [-0.2, -0.15) is 0 Å². The van der Waals surface area contributed by atoms with E-state index in [2.05, 4.69) is 36.5 Å². The molecule has 1 aromatic carbocycles. The molecule has 0 heterocycles. The molecule has 0 saturated carbocycles. The Kier molecular flexibility index (Phi) is 5.90. The number of fused-ring (bicyclic) bond motifs is 1. The van der Waals surface area contributed by atoms with Crippen LogP contribution in [0.15, 0.2) is 24.3 Å². The molecular formula is C17H24ClNO. The number of carbonyl (C=O) groups is 1. The van der Waals surface area contributed by atoms with Crippen molar-refractivity contribution in [3.05, 3.63) is 35.4 Å². The molecule has 1 aliphatic carbocycles. The molecule has 2 nitrogen and oxygen atoms in total. The number of halogens is 1. The van der Waals surface area contributed by atoms with Gasteiger partial charge in [0, 0.05) is 18.3 Å². The standard InChI is InChI=1S/C17H24ClNO/c1-13(12-18)5-4-10-19-17(20)16-9-8-14-6-2-3-7-15(14)11-16/h2-3,6-7,13,16H,4-5,8-12H2,1H3,(H,19,20). The molecule has 0 aromatic heterocycles. The second-order valence-corrected chi connectivity index (χ2v) is 6.21. The van der Waals surface area contributed by atoms with Crippen molar-refractivity contribution in [3.8, 4) is 0 Å². The van der Waals surface area contributed by atoms with Crippen molar-refractivity contribution >= 4 is 17.5 Å². The zero-order valence-corrected chi connectivity index (χ0v) is 13.0. The second-order valence-electron chi connectivity index (χ2n) is 5.90. The summed E-state index contributed by atoms with van der Waals surface area (Å²) in [5, 5.41) is 3.08. The summed E-state index contributed by atoms with van der Waals surface area (Å²) in [6, 6.07) is 8.47. The zero-order chi connectivity index (χ0) is 14.4. The molecule has 1 N–H and O–H groups in total. The van der Waals surface area contributed by atoms with Crippen molar-refractivity contribution in [1.82, 2.24) is 5.32 Å². The molecule has 0 aliphatic heterocycles. The zero-order valence-electron chi connectivity index (χ0n) is 12.2. The van der Waals surface area contributed by atoms with E-state index in [4.69, 9.17) is 11.6 Å². The molecule has 0 spiro atoms. The number of hydrogen-bond acceptors (Lipinski definition) is 1. The van der Waals surface area contributed by atoms with Crippen LogP contribution in [0.1, 0.15) is 37.3 Å². The lowest BCUT2D eigenvalue weighted by atomic mass is 9.83. The molecule has 20 heavy (non-hydrogen) atoms. The minimum Gasteiger partial charge on any atom is -0.356 e. The van der Waals surface area contributed by atoms with Gasteiger partial charge in [0.25, 0.3) is 0 Å². The minimum absolute atomic E-state index is 0.148. The van der Waals surface area contributed by atoms with Gasteiger partial charge in [-0.25, -0.2) is 0 Å². The fourth-order valence-corrected chi connectivity index (χ4v) is 2.96. The molecular weight excluding hydrogens is 270 g/mol. The van der Waals surface area contributed by atoms with Gasteiger partial charge in [-0.15, -0.1) is 11.6 Å². The van der Waals surface area contributed by atoms with Crippen LogP contribution < -0.4 is 5.32 Å². The van der Waals surface area contributed by atoms with E-state index in [0.717, 1.165) is 38.6 Å². The van der Waals surface area contributed by atoms with Crippen LogP contribution in [-0.4, -0.2) is 18.3 Å². The fourth-order valence-electron chi connectivity index (χ4n) is 2.81. The van der Waals surface area contributed by atoms with Crippen molar-refractivity contribution in [3.63, 3.8) is 0 Å². The molecule has 3 heteroatoms. The third-order valence-corrected chi connectivity index (χ3v) is 4.68. The number of alkyl halides is 1. The van der Waals surface area contributed by atoms with Gasteiger partial charge in [0.15, 0.2) is 0 Å². The lowest BCUT2D eigenvalue weighted by molar-refractivity contribution is -0.125. The maximum Gasteiger partial charge on any atom is 0.223 e. The number of aryl methyl sites for hydroxylation is 1. The normalized spacial score (nSPS) is 19.2. The lowest BCUT2D eigenvalue weighted by Gasteiger charge is -2.23. The summed E-state index contributed by atoms with van der Waals surface area (Å²) >= 11 is 5.78. The first kappa shape index (κ1) is 15.4. The van der Waals surface area contributed by atoms with E-state index in [1.54, 1.807) is 0 Å². The van der Waals surface area contributed by atoms with E-state index in [9.17, 15) is 4.79 Å². The van der Waals surface area contributed by atoms with Gasteiger partial charge in [0.2, 0.25) is 5.91 Å². The number of rotatable bonds is 6. The highest BCUT2D eigenvalue weighted by molar-refractivity contribution is 6.18. The van der Waals surface area contributed by atoms with Gasteiger partial charge < -0.3 is 5.32 Å². The van der Waals surface area contributed by atoms with E-state index in [-0.39, 0.29) is 11.8 Å². The summed E-state index contributed by atoms with van der Waals surface area (Å²) < 4.78 is 0. The third-order valence-electron chi connectivity index (χ3n) is 4.15. The highest BCUT2D eigenvalue weighted by atomic mass is 35.5. The Bertz CT molecular complexity index is 446. The van der Waals surface area contributed by atoms with Crippen molar-refractivity contribution in [2.24, 2.45) is 11.8 Å². The SMILES string of the molecule is CC(CCl)CCCNC(=O)C1CCc2ccccc2C1. The Morgan fingerprint density at radius 2 is 2.15 bits per heavy atom.